The first-order chi connectivity index (χ1) is 6.97. The maximum atomic E-state index is 11.9. The van der Waals surface area contributed by atoms with Crippen molar-refractivity contribution in [1.29, 1.82) is 0 Å². The molecular weight excluding hydrogens is 295 g/mol. The van der Waals surface area contributed by atoms with Crippen LogP contribution in [0.5, 0.6) is 0 Å². The zero-order valence-corrected chi connectivity index (χ0v) is 11.9. The smallest absolute Gasteiger partial charge is 0.289 e. The third-order valence-corrected chi connectivity index (χ3v) is 2.80. The van der Waals surface area contributed by atoms with Crippen molar-refractivity contribution in [1.82, 2.24) is 4.90 Å². The second kappa shape index (κ2) is 6.27. The van der Waals surface area contributed by atoms with Crippen molar-refractivity contribution in [3.63, 3.8) is 0 Å². The van der Waals surface area contributed by atoms with Gasteiger partial charge >= 0.3 is 0 Å². The molecule has 1 heterocycles. The standard InChI is InChI=1S/C10H15BrN2O2.ClH/c1-6-4-8(11)15-9(6)10(14)13(3)7(2)5-12;/h4,7H,5,12H2,1-3H3;1H. The maximum absolute atomic E-state index is 11.9. The number of nitrogens with zero attached hydrogens (tertiary/aromatic N) is 1. The number of halogens is 2. The summed E-state index contributed by atoms with van der Waals surface area (Å²) >= 11 is 3.19. The lowest BCUT2D eigenvalue weighted by atomic mass is 10.2. The summed E-state index contributed by atoms with van der Waals surface area (Å²) in [6.45, 7) is 4.16. The minimum atomic E-state index is -0.142. The number of hydrogen-bond donors (Lipinski definition) is 1. The highest BCUT2D eigenvalue weighted by atomic mass is 79.9. The molecule has 0 bridgehead atoms. The zero-order valence-electron chi connectivity index (χ0n) is 9.49. The molecule has 0 radical (unpaired) electrons. The largest absolute Gasteiger partial charge is 0.444 e. The van der Waals surface area contributed by atoms with Crippen LogP contribution in [-0.4, -0.2) is 30.4 Å². The van der Waals surface area contributed by atoms with Crippen LogP contribution < -0.4 is 5.73 Å². The Balaban J connectivity index is 0.00000225. The van der Waals surface area contributed by atoms with E-state index in [0.717, 1.165) is 5.56 Å². The molecule has 0 aliphatic rings. The van der Waals surface area contributed by atoms with Gasteiger partial charge in [-0.15, -0.1) is 12.4 Å². The Morgan fingerprint density at radius 1 is 1.69 bits per heavy atom. The van der Waals surface area contributed by atoms with Gasteiger partial charge in [-0.1, -0.05) is 0 Å². The van der Waals surface area contributed by atoms with E-state index in [1.165, 1.54) is 0 Å². The first kappa shape index (κ1) is 15.5. The highest BCUT2D eigenvalue weighted by molar-refractivity contribution is 9.10. The van der Waals surface area contributed by atoms with E-state index in [1.807, 2.05) is 13.8 Å². The van der Waals surface area contributed by atoms with Crippen molar-refractivity contribution in [2.75, 3.05) is 13.6 Å². The van der Waals surface area contributed by atoms with Crippen LogP contribution in [0, 0.1) is 6.92 Å². The summed E-state index contributed by atoms with van der Waals surface area (Å²) in [7, 11) is 1.72. The number of carbonyl (C=O) groups is 1. The molecule has 0 spiro atoms. The van der Waals surface area contributed by atoms with Crippen LogP contribution in [0.3, 0.4) is 0 Å². The second-order valence-corrected chi connectivity index (χ2v) is 4.35. The lowest BCUT2D eigenvalue weighted by Gasteiger charge is -2.22. The van der Waals surface area contributed by atoms with Gasteiger partial charge in [-0.2, -0.15) is 0 Å². The van der Waals surface area contributed by atoms with Gasteiger partial charge < -0.3 is 15.1 Å². The molecule has 1 amide bonds. The Morgan fingerprint density at radius 3 is 2.62 bits per heavy atom. The maximum Gasteiger partial charge on any atom is 0.289 e. The topological polar surface area (TPSA) is 59.5 Å². The monoisotopic (exact) mass is 310 g/mol. The van der Waals surface area contributed by atoms with Crippen LogP contribution in [0.2, 0.25) is 0 Å². The van der Waals surface area contributed by atoms with Crippen LogP contribution in [0.25, 0.3) is 0 Å². The van der Waals surface area contributed by atoms with Crippen LogP contribution in [-0.2, 0) is 0 Å². The summed E-state index contributed by atoms with van der Waals surface area (Å²) in [5.41, 5.74) is 6.32. The molecule has 0 saturated heterocycles. The molecule has 6 heteroatoms. The summed E-state index contributed by atoms with van der Waals surface area (Å²) in [6, 6.07) is 1.77. The molecule has 1 unspecified atom stereocenters. The summed E-state index contributed by atoms with van der Waals surface area (Å²) in [4.78, 5) is 13.5. The number of carbonyl (C=O) groups excluding carboxylic acids is 1. The Hall–Kier alpha value is -0.520. The van der Waals surface area contributed by atoms with E-state index in [1.54, 1.807) is 18.0 Å². The molecule has 1 aromatic heterocycles. The van der Waals surface area contributed by atoms with Crippen molar-refractivity contribution in [2.24, 2.45) is 5.73 Å². The fraction of sp³-hybridized carbons (Fsp3) is 0.500. The van der Waals surface area contributed by atoms with Gasteiger partial charge in [0.1, 0.15) is 0 Å². The van der Waals surface area contributed by atoms with Crippen LogP contribution >= 0.6 is 28.3 Å². The molecule has 16 heavy (non-hydrogen) atoms. The van der Waals surface area contributed by atoms with Gasteiger partial charge in [0.25, 0.3) is 5.91 Å². The molecule has 0 aliphatic heterocycles. The number of nitrogens with two attached hydrogens (primary N) is 1. The quantitative estimate of drug-likeness (QED) is 0.931. The predicted octanol–water partition coefficient (Wildman–Crippen LogP) is 2.19. The summed E-state index contributed by atoms with van der Waals surface area (Å²) < 4.78 is 5.84. The number of likely N-dealkylation sites (N-methyl/N-ethyl adjacent to an activating group) is 1. The van der Waals surface area contributed by atoms with E-state index < -0.39 is 0 Å². The van der Waals surface area contributed by atoms with E-state index in [-0.39, 0.29) is 24.4 Å². The molecule has 2 N–H and O–H groups in total. The zero-order chi connectivity index (χ0) is 11.6. The Bertz CT molecular complexity index is 368. The lowest BCUT2D eigenvalue weighted by Crippen LogP contribution is -2.39. The SMILES string of the molecule is Cc1cc(Br)oc1C(=O)N(C)C(C)CN.Cl. The van der Waals surface area contributed by atoms with E-state index in [0.29, 0.717) is 17.0 Å². The van der Waals surface area contributed by atoms with Crippen molar-refractivity contribution in [2.45, 2.75) is 19.9 Å². The van der Waals surface area contributed by atoms with Crippen LogP contribution in [0.4, 0.5) is 0 Å². The van der Waals surface area contributed by atoms with E-state index >= 15 is 0 Å². The number of hydrogen-bond acceptors (Lipinski definition) is 3. The van der Waals surface area contributed by atoms with Gasteiger partial charge in [0.2, 0.25) is 0 Å². The van der Waals surface area contributed by atoms with Crippen LogP contribution in [0.1, 0.15) is 23.0 Å². The minimum Gasteiger partial charge on any atom is -0.444 e. The average molecular weight is 312 g/mol. The molecule has 0 saturated carbocycles. The molecule has 0 aliphatic carbocycles. The normalized spacial score (nSPS) is 11.8. The summed E-state index contributed by atoms with van der Waals surface area (Å²) in [5.74, 6) is 0.223. The molecule has 0 aromatic carbocycles. The van der Waals surface area contributed by atoms with Gasteiger partial charge in [-0.3, -0.25) is 4.79 Å². The molecule has 4 nitrogen and oxygen atoms in total. The van der Waals surface area contributed by atoms with Gasteiger partial charge in [-0.25, -0.2) is 0 Å². The van der Waals surface area contributed by atoms with Crippen molar-refractivity contribution >= 4 is 34.2 Å². The first-order valence-corrected chi connectivity index (χ1v) is 5.49. The first-order valence-electron chi connectivity index (χ1n) is 4.70. The van der Waals surface area contributed by atoms with Gasteiger partial charge in [0, 0.05) is 25.2 Å². The fourth-order valence-corrected chi connectivity index (χ4v) is 1.68. The van der Waals surface area contributed by atoms with E-state index in [4.69, 9.17) is 10.2 Å². The minimum absolute atomic E-state index is 0. The number of aryl methyl sites for hydroxylation is 1. The number of rotatable bonds is 3. The predicted molar refractivity (Wildman–Crippen MR) is 69.0 cm³/mol. The second-order valence-electron chi connectivity index (χ2n) is 3.56. The lowest BCUT2D eigenvalue weighted by molar-refractivity contribution is 0.0714. The van der Waals surface area contributed by atoms with Gasteiger partial charge in [0.15, 0.2) is 10.4 Å². The molecule has 1 aromatic rings. The Morgan fingerprint density at radius 2 is 2.25 bits per heavy atom. The molecule has 1 rings (SSSR count). The van der Waals surface area contributed by atoms with Crippen LogP contribution in [0.15, 0.2) is 15.2 Å². The number of amides is 1. The van der Waals surface area contributed by atoms with Gasteiger partial charge in [0.05, 0.1) is 0 Å². The molecule has 1 atom stereocenters. The van der Waals surface area contributed by atoms with E-state index in [2.05, 4.69) is 15.9 Å². The molecular formula is C10H16BrClN2O2. The Labute approximate surface area is 110 Å². The summed E-state index contributed by atoms with van der Waals surface area (Å²) in [5, 5.41) is 0. The third-order valence-electron chi connectivity index (χ3n) is 2.40. The van der Waals surface area contributed by atoms with E-state index in [9.17, 15) is 4.79 Å². The van der Waals surface area contributed by atoms with Crippen molar-refractivity contribution in [3.8, 4) is 0 Å². The highest BCUT2D eigenvalue weighted by Gasteiger charge is 2.21. The molecule has 0 fully saturated rings. The highest BCUT2D eigenvalue weighted by Crippen LogP contribution is 2.21. The Kier molecular flexibility index (Phi) is 6.07. The van der Waals surface area contributed by atoms with Crippen molar-refractivity contribution < 1.29 is 9.21 Å². The summed E-state index contributed by atoms with van der Waals surface area (Å²) in [6.07, 6.45) is 0. The average Bonchev–Trinajstić information content (AvgIpc) is 2.54. The van der Waals surface area contributed by atoms with Crippen molar-refractivity contribution in [3.05, 3.63) is 22.1 Å². The number of furan rings is 1. The van der Waals surface area contributed by atoms with Gasteiger partial charge in [-0.05, 0) is 35.8 Å². The third kappa shape index (κ3) is 3.23. The molecule has 92 valence electrons. The fourth-order valence-electron chi connectivity index (χ4n) is 1.17.